The van der Waals surface area contributed by atoms with E-state index in [-0.39, 0.29) is 19.5 Å². The molecule has 9 heteroatoms. The standard InChI is InChI=1S/C19H17Cl2F3N4/c20-11-2-1-10(12(21)5-11)8-28-18-7-15(24)14(23)6-17(18)26-19(28)27-4-3-13(22)16(25)9-27/h1-2,5-7,13,16H,3-4,8-9,25H2. The number of aromatic nitrogens is 2. The number of nitrogens with two attached hydrogens (primary N) is 1. The number of halogens is 5. The van der Waals surface area contributed by atoms with Gasteiger partial charge in [-0.15, -0.1) is 0 Å². The highest BCUT2D eigenvalue weighted by Gasteiger charge is 2.29. The minimum atomic E-state index is -1.09. The minimum Gasteiger partial charge on any atom is -0.340 e. The fourth-order valence-electron chi connectivity index (χ4n) is 3.46. The fraction of sp³-hybridized carbons (Fsp3) is 0.316. The Balaban J connectivity index is 1.83. The summed E-state index contributed by atoms with van der Waals surface area (Å²) in [5, 5.41) is 0.940. The summed E-state index contributed by atoms with van der Waals surface area (Å²) < 4.78 is 43.2. The summed E-state index contributed by atoms with van der Waals surface area (Å²) in [6.45, 7) is 0.916. The molecule has 2 unspecified atom stereocenters. The van der Waals surface area contributed by atoms with Crippen LogP contribution < -0.4 is 10.6 Å². The number of anilines is 1. The predicted molar refractivity (Wildman–Crippen MR) is 105 cm³/mol. The Hall–Kier alpha value is -1.96. The first kappa shape index (κ1) is 19.4. The van der Waals surface area contributed by atoms with Crippen molar-refractivity contribution in [3.8, 4) is 0 Å². The third-order valence-corrected chi connectivity index (χ3v) is 5.55. The van der Waals surface area contributed by atoms with Gasteiger partial charge in [0.05, 0.1) is 23.6 Å². The number of alkyl halides is 1. The Morgan fingerprint density at radius 1 is 1.14 bits per heavy atom. The van der Waals surface area contributed by atoms with Crippen LogP contribution in [0.5, 0.6) is 0 Å². The van der Waals surface area contributed by atoms with Crippen LogP contribution >= 0.6 is 23.2 Å². The highest BCUT2D eigenvalue weighted by Crippen LogP contribution is 2.30. The van der Waals surface area contributed by atoms with Gasteiger partial charge >= 0.3 is 0 Å². The molecular formula is C19H17Cl2F3N4. The van der Waals surface area contributed by atoms with E-state index >= 15 is 0 Å². The molecule has 0 saturated carbocycles. The Kier molecular flexibility index (Phi) is 5.16. The van der Waals surface area contributed by atoms with Crippen LogP contribution in [0.4, 0.5) is 19.1 Å². The number of imidazole rings is 1. The van der Waals surface area contributed by atoms with Gasteiger partial charge in [-0.2, -0.15) is 0 Å². The van der Waals surface area contributed by atoms with E-state index in [1.807, 2.05) is 4.90 Å². The first-order chi connectivity index (χ1) is 13.3. The maximum atomic E-state index is 13.9. The molecule has 148 valence electrons. The molecule has 0 radical (unpaired) electrons. The number of rotatable bonds is 3. The Morgan fingerprint density at radius 2 is 1.89 bits per heavy atom. The van der Waals surface area contributed by atoms with Crippen LogP contribution in [0.15, 0.2) is 30.3 Å². The number of hydrogen-bond donors (Lipinski definition) is 1. The third kappa shape index (κ3) is 3.54. The first-order valence-corrected chi connectivity index (χ1v) is 9.53. The molecule has 1 aliphatic heterocycles. The molecule has 2 atom stereocenters. The molecule has 1 fully saturated rings. The molecule has 0 aliphatic carbocycles. The lowest BCUT2D eigenvalue weighted by molar-refractivity contribution is 0.243. The van der Waals surface area contributed by atoms with Gasteiger partial charge in [0, 0.05) is 35.3 Å². The van der Waals surface area contributed by atoms with Gasteiger partial charge in [0.1, 0.15) is 6.17 Å². The van der Waals surface area contributed by atoms with Crippen LogP contribution in [0, 0.1) is 11.6 Å². The highest BCUT2D eigenvalue weighted by molar-refractivity contribution is 6.35. The monoisotopic (exact) mass is 428 g/mol. The zero-order valence-corrected chi connectivity index (χ0v) is 16.2. The second-order valence-corrected chi connectivity index (χ2v) is 7.75. The second kappa shape index (κ2) is 7.46. The summed E-state index contributed by atoms with van der Waals surface area (Å²) in [4.78, 5) is 6.31. The average molecular weight is 429 g/mol. The zero-order valence-electron chi connectivity index (χ0n) is 14.7. The topological polar surface area (TPSA) is 47.1 Å². The van der Waals surface area contributed by atoms with Gasteiger partial charge in [0.15, 0.2) is 11.6 Å². The van der Waals surface area contributed by atoms with Crippen molar-refractivity contribution in [3.05, 3.63) is 57.6 Å². The molecule has 1 aliphatic rings. The van der Waals surface area contributed by atoms with Gasteiger partial charge < -0.3 is 15.2 Å². The molecule has 0 amide bonds. The molecule has 2 N–H and O–H groups in total. The normalized spacial score (nSPS) is 20.1. The Labute approximate surface area is 169 Å². The number of benzene rings is 2. The predicted octanol–water partition coefficient (Wildman–Crippen LogP) is 4.55. The molecule has 0 bridgehead atoms. The SMILES string of the molecule is NC1CN(c2nc3cc(F)c(F)cc3n2Cc2ccc(Cl)cc2Cl)CCC1F. The molecule has 4 rings (SSSR count). The maximum Gasteiger partial charge on any atom is 0.206 e. The lowest BCUT2D eigenvalue weighted by Gasteiger charge is -2.34. The van der Waals surface area contributed by atoms with E-state index in [1.165, 1.54) is 0 Å². The van der Waals surface area contributed by atoms with Crippen molar-refractivity contribution >= 4 is 40.2 Å². The van der Waals surface area contributed by atoms with E-state index < -0.39 is 23.8 Å². The third-order valence-electron chi connectivity index (χ3n) is 4.97. The summed E-state index contributed by atoms with van der Waals surface area (Å²) in [5.41, 5.74) is 7.33. The largest absolute Gasteiger partial charge is 0.340 e. The number of nitrogens with zero attached hydrogens (tertiary/aromatic N) is 3. The molecular weight excluding hydrogens is 412 g/mol. The van der Waals surface area contributed by atoms with Crippen molar-refractivity contribution < 1.29 is 13.2 Å². The number of piperidine rings is 1. The number of fused-ring (bicyclic) bond motifs is 1. The van der Waals surface area contributed by atoms with Crippen molar-refractivity contribution in [1.82, 2.24) is 9.55 Å². The maximum absolute atomic E-state index is 13.9. The average Bonchev–Trinajstić information content (AvgIpc) is 2.97. The summed E-state index contributed by atoms with van der Waals surface area (Å²) in [7, 11) is 0. The van der Waals surface area contributed by atoms with Crippen LogP contribution in [0.3, 0.4) is 0 Å². The zero-order chi connectivity index (χ0) is 20.0. The summed E-state index contributed by atoms with van der Waals surface area (Å²) >= 11 is 12.3. The van der Waals surface area contributed by atoms with Crippen molar-refractivity contribution in [3.63, 3.8) is 0 Å². The van der Waals surface area contributed by atoms with Crippen LogP contribution in [0.25, 0.3) is 11.0 Å². The smallest absolute Gasteiger partial charge is 0.206 e. The van der Waals surface area contributed by atoms with Gasteiger partial charge in [-0.3, -0.25) is 0 Å². The molecule has 2 aromatic carbocycles. The van der Waals surface area contributed by atoms with E-state index in [1.54, 1.807) is 22.8 Å². The summed E-state index contributed by atoms with van der Waals surface area (Å²) in [6, 6.07) is 6.58. The fourth-order valence-corrected chi connectivity index (χ4v) is 3.93. The summed E-state index contributed by atoms with van der Waals surface area (Å²) in [5.74, 6) is -1.48. The molecule has 1 aromatic heterocycles. The van der Waals surface area contributed by atoms with E-state index in [4.69, 9.17) is 28.9 Å². The van der Waals surface area contributed by atoms with E-state index in [9.17, 15) is 13.2 Å². The van der Waals surface area contributed by atoms with Crippen molar-refractivity contribution in [2.24, 2.45) is 5.73 Å². The van der Waals surface area contributed by atoms with E-state index in [2.05, 4.69) is 4.98 Å². The van der Waals surface area contributed by atoms with Crippen LogP contribution in [0.1, 0.15) is 12.0 Å². The quantitative estimate of drug-likeness (QED) is 0.665. The molecule has 0 spiro atoms. The van der Waals surface area contributed by atoms with E-state index in [0.717, 1.165) is 17.7 Å². The van der Waals surface area contributed by atoms with Crippen LogP contribution in [-0.2, 0) is 6.54 Å². The molecule has 28 heavy (non-hydrogen) atoms. The van der Waals surface area contributed by atoms with Crippen molar-refractivity contribution in [2.75, 3.05) is 18.0 Å². The van der Waals surface area contributed by atoms with Gasteiger partial charge in [-0.05, 0) is 24.1 Å². The van der Waals surface area contributed by atoms with Gasteiger partial charge in [-0.25, -0.2) is 18.2 Å². The van der Waals surface area contributed by atoms with E-state index in [0.29, 0.717) is 33.6 Å². The summed E-state index contributed by atoms with van der Waals surface area (Å²) in [6.07, 6.45) is -0.830. The Bertz CT molecular complexity index is 1040. The molecule has 1 saturated heterocycles. The van der Waals surface area contributed by atoms with Crippen molar-refractivity contribution in [2.45, 2.75) is 25.2 Å². The van der Waals surface area contributed by atoms with Crippen molar-refractivity contribution in [1.29, 1.82) is 0 Å². The second-order valence-electron chi connectivity index (χ2n) is 6.90. The molecule has 3 aromatic rings. The van der Waals surface area contributed by atoms with Gasteiger partial charge in [0.2, 0.25) is 5.95 Å². The first-order valence-electron chi connectivity index (χ1n) is 8.77. The minimum absolute atomic E-state index is 0.254. The number of hydrogen-bond acceptors (Lipinski definition) is 3. The highest BCUT2D eigenvalue weighted by atomic mass is 35.5. The lowest BCUT2D eigenvalue weighted by Crippen LogP contribution is -2.50. The van der Waals surface area contributed by atoms with Crippen LogP contribution in [0.2, 0.25) is 10.0 Å². The van der Waals surface area contributed by atoms with Gasteiger partial charge in [0.25, 0.3) is 0 Å². The van der Waals surface area contributed by atoms with Crippen LogP contribution in [-0.4, -0.2) is 34.9 Å². The molecule has 4 nitrogen and oxygen atoms in total. The van der Waals surface area contributed by atoms with Gasteiger partial charge in [-0.1, -0.05) is 29.3 Å². The molecule has 2 heterocycles. The lowest BCUT2D eigenvalue weighted by atomic mass is 10.1. The Morgan fingerprint density at radius 3 is 2.61 bits per heavy atom.